The maximum absolute atomic E-state index is 12.7. The number of hydrogen-bond donors (Lipinski definition) is 4. The SMILES string of the molecule is CCSCCCOC1(C(=O)N=O)CC(O)C(NC(C)=O)C(C(O)CCNC(=O)c2ccc(-c3ccccc3)cc2)O1. The zero-order valence-electron chi connectivity index (χ0n) is 23.2. The molecule has 1 fully saturated rings. The number of thioether (sulfide) groups is 1. The molecule has 0 bridgehead atoms. The molecule has 0 aromatic heterocycles. The molecule has 41 heavy (non-hydrogen) atoms. The van der Waals surface area contributed by atoms with Crippen LogP contribution in [0, 0.1) is 4.91 Å². The van der Waals surface area contributed by atoms with Crippen molar-refractivity contribution in [3.8, 4) is 11.1 Å². The van der Waals surface area contributed by atoms with Gasteiger partial charge in [0, 0.05) is 30.6 Å². The number of hydrogen-bond acceptors (Lipinski definition) is 9. The van der Waals surface area contributed by atoms with Gasteiger partial charge in [-0.2, -0.15) is 11.8 Å². The van der Waals surface area contributed by atoms with Gasteiger partial charge in [0.15, 0.2) is 0 Å². The molecule has 3 amide bonds. The highest BCUT2D eigenvalue weighted by Crippen LogP contribution is 2.34. The van der Waals surface area contributed by atoms with Gasteiger partial charge in [-0.1, -0.05) is 49.4 Å². The van der Waals surface area contributed by atoms with Gasteiger partial charge >= 0.3 is 5.91 Å². The van der Waals surface area contributed by atoms with Crippen molar-refractivity contribution in [2.75, 3.05) is 24.7 Å². The molecule has 5 atom stereocenters. The lowest BCUT2D eigenvalue weighted by Gasteiger charge is -2.46. The lowest BCUT2D eigenvalue weighted by atomic mass is 9.89. The van der Waals surface area contributed by atoms with Gasteiger partial charge in [-0.25, -0.2) is 0 Å². The smallest absolute Gasteiger partial charge is 0.345 e. The highest BCUT2D eigenvalue weighted by Gasteiger charge is 2.55. The molecule has 1 aliphatic rings. The zero-order valence-corrected chi connectivity index (χ0v) is 24.0. The second-order valence-electron chi connectivity index (χ2n) is 9.68. The van der Waals surface area contributed by atoms with Crippen LogP contribution in [0.2, 0.25) is 0 Å². The molecule has 1 aliphatic heterocycles. The van der Waals surface area contributed by atoms with Gasteiger partial charge in [0.25, 0.3) is 11.7 Å². The van der Waals surface area contributed by atoms with Gasteiger partial charge < -0.3 is 30.3 Å². The predicted octanol–water partition coefficient (Wildman–Crippen LogP) is 2.64. The van der Waals surface area contributed by atoms with Crippen molar-refractivity contribution in [3.05, 3.63) is 65.1 Å². The number of benzene rings is 2. The number of ether oxygens (including phenoxy) is 2. The van der Waals surface area contributed by atoms with Crippen LogP contribution in [0.5, 0.6) is 0 Å². The van der Waals surface area contributed by atoms with E-state index in [9.17, 15) is 29.5 Å². The third kappa shape index (κ3) is 8.91. The Bertz CT molecular complexity index is 1170. The van der Waals surface area contributed by atoms with Crippen LogP contribution in [-0.4, -0.2) is 82.7 Å². The van der Waals surface area contributed by atoms with Gasteiger partial charge in [0.2, 0.25) is 5.91 Å². The van der Waals surface area contributed by atoms with Crippen LogP contribution in [0.1, 0.15) is 43.5 Å². The lowest BCUT2D eigenvalue weighted by molar-refractivity contribution is -0.297. The van der Waals surface area contributed by atoms with E-state index in [0.29, 0.717) is 12.0 Å². The molecule has 3 rings (SSSR count). The Morgan fingerprint density at radius 2 is 1.83 bits per heavy atom. The third-order valence-corrected chi connectivity index (χ3v) is 7.67. The van der Waals surface area contributed by atoms with Crippen molar-refractivity contribution >= 4 is 29.5 Å². The summed E-state index contributed by atoms with van der Waals surface area (Å²) in [5.41, 5.74) is 2.41. The Morgan fingerprint density at radius 1 is 1.15 bits per heavy atom. The molecule has 0 spiro atoms. The number of aliphatic hydroxyl groups is 2. The van der Waals surface area contributed by atoms with Crippen LogP contribution < -0.4 is 10.6 Å². The van der Waals surface area contributed by atoms with Gasteiger partial charge in [-0.15, -0.1) is 4.91 Å². The predicted molar refractivity (Wildman–Crippen MR) is 155 cm³/mol. The first-order valence-corrected chi connectivity index (χ1v) is 14.7. The van der Waals surface area contributed by atoms with Crippen molar-refractivity contribution < 1.29 is 34.1 Å². The number of carbonyl (C=O) groups is 3. The summed E-state index contributed by atoms with van der Waals surface area (Å²) in [4.78, 5) is 48.3. The first-order chi connectivity index (χ1) is 19.7. The van der Waals surface area contributed by atoms with E-state index in [4.69, 9.17) is 9.47 Å². The normalized spacial score (nSPS) is 22.9. The van der Waals surface area contributed by atoms with Crippen molar-refractivity contribution in [1.29, 1.82) is 0 Å². The Kier molecular flexibility index (Phi) is 12.4. The standard InChI is InChI=1S/C29H37N3O8S/c1-3-41-17-7-16-39-29(28(37)32-38)18-24(35)25(31-19(2)33)26(40-29)23(34)14-15-30-27(36)22-12-10-21(11-13-22)20-8-5-4-6-9-20/h4-6,8-13,23-26,34-35H,3,7,14-18H2,1-2H3,(H,30,36)(H,31,33). The number of amides is 3. The number of rotatable bonds is 14. The van der Waals surface area contributed by atoms with E-state index in [0.717, 1.165) is 22.6 Å². The van der Waals surface area contributed by atoms with E-state index < -0.39 is 48.4 Å². The fourth-order valence-electron chi connectivity index (χ4n) is 4.64. The van der Waals surface area contributed by atoms with Crippen LogP contribution in [0.25, 0.3) is 11.1 Å². The molecule has 2 aromatic carbocycles. The van der Waals surface area contributed by atoms with Crippen molar-refractivity contribution in [2.24, 2.45) is 5.18 Å². The Morgan fingerprint density at radius 3 is 2.46 bits per heavy atom. The summed E-state index contributed by atoms with van der Waals surface area (Å²) in [5, 5.41) is 29.7. The van der Waals surface area contributed by atoms with Crippen molar-refractivity contribution in [2.45, 2.75) is 63.3 Å². The molecule has 2 aromatic rings. The molecule has 12 heteroatoms. The van der Waals surface area contributed by atoms with Crippen LogP contribution in [0.3, 0.4) is 0 Å². The van der Waals surface area contributed by atoms with E-state index in [-0.39, 0.29) is 25.5 Å². The molecule has 1 saturated heterocycles. The molecular formula is C29H37N3O8S. The Hall–Kier alpha value is -3.16. The van der Waals surface area contributed by atoms with E-state index in [1.54, 1.807) is 23.9 Å². The molecule has 0 radical (unpaired) electrons. The average molecular weight is 588 g/mol. The molecule has 0 saturated carbocycles. The maximum Gasteiger partial charge on any atom is 0.345 e. The van der Waals surface area contributed by atoms with E-state index in [2.05, 4.69) is 15.8 Å². The molecule has 222 valence electrons. The van der Waals surface area contributed by atoms with Gasteiger partial charge in [-0.05, 0) is 47.6 Å². The summed E-state index contributed by atoms with van der Waals surface area (Å²) >= 11 is 1.67. The number of nitrogens with zero attached hydrogens (tertiary/aromatic N) is 1. The highest BCUT2D eigenvalue weighted by molar-refractivity contribution is 7.99. The summed E-state index contributed by atoms with van der Waals surface area (Å²) in [6.45, 7) is 3.31. The summed E-state index contributed by atoms with van der Waals surface area (Å²) in [6, 6.07) is 15.7. The zero-order chi connectivity index (χ0) is 29.8. The Labute approximate surface area is 243 Å². The van der Waals surface area contributed by atoms with E-state index in [1.807, 2.05) is 49.4 Å². The molecule has 0 aliphatic carbocycles. The minimum atomic E-state index is -2.21. The first kappa shape index (κ1) is 32.4. The summed E-state index contributed by atoms with van der Waals surface area (Å²) in [5.74, 6) is -2.69. The van der Waals surface area contributed by atoms with Gasteiger partial charge in [0.05, 0.1) is 24.9 Å². The highest BCUT2D eigenvalue weighted by atomic mass is 32.2. The van der Waals surface area contributed by atoms with E-state index >= 15 is 0 Å². The third-order valence-electron chi connectivity index (χ3n) is 6.68. The van der Waals surface area contributed by atoms with Crippen molar-refractivity contribution in [1.82, 2.24) is 10.6 Å². The van der Waals surface area contributed by atoms with E-state index in [1.165, 1.54) is 6.92 Å². The second kappa shape index (κ2) is 15.7. The minimum Gasteiger partial charge on any atom is -0.391 e. The molecule has 5 unspecified atom stereocenters. The fourth-order valence-corrected chi connectivity index (χ4v) is 5.25. The quantitative estimate of drug-likeness (QED) is 0.192. The first-order valence-electron chi connectivity index (χ1n) is 13.5. The summed E-state index contributed by atoms with van der Waals surface area (Å²) in [6.07, 6.45) is -4.04. The van der Waals surface area contributed by atoms with Gasteiger partial charge in [-0.3, -0.25) is 14.4 Å². The molecular weight excluding hydrogens is 550 g/mol. The minimum absolute atomic E-state index is 0.0190. The number of aliphatic hydroxyl groups excluding tert-OH is 2. The van der Waals surface area contributed by atoms with Crippen molar-refractivity contribution in [3.63, 3.8) is 0 Å². The van der Waals surface area contributed by atoms with Crippen LogP contribution in [0.15, 0.2) is 59.8 Å². The van der Waals surface area contributed by atoms with Crippen LogP contribution in [-0.2, 0) is 19.1 Å². The van der Waals surface area contributed by atoms with Crippen LogP contribution >= 0.6 is 11.8 Å². The molecule has 1 heterocycles. The maximum atomic E-state index is 12.7. The lowest BCUT2D eigenvalue weighted by Crippen LogP contribution is -2.66. The molecule has 4 N–H and O–H groups in total. The average Bonchev–Trinajstić information content (AvgIpc) is 2.98. The fraction of sp³-hybridized carbons (Fsp3) is 0.483. The number of nitroso groups, excluding NO2 is 1. The van der Waals surface area contributed by atoms with Crippen LogP contribution in [0.4, 0.5) is 0 Å². The number of nitrogens with one attached hydrogen (secondary N) is 2. The summed E-state index contributed by atoms with van der Waals surface area (Å²) in [7, 11) is 0. The number of carbonyl (C=O) groups excluding carboxylic acids is 3. The molecule has 11 nitrogen and oxygen atoms in total. The topological polar surface area (TPSA) is 164 Å². The largest absolute Gasteiger partial charge is 0.391 e. The second-order valence-corrected chi connectivity index (χ2v) is 11.1. The Balaban J connectivity index is 1.66. The van der Waals surface area contributed by atoms with Gasteiger partial charge in [0.1, 0.15) is 6.10 Å². The summed E-state index contributed by atoms with van der Waals surface area (Å²) < 4.78 is 11.6. The monoisotopic (exact) mass is 587 g/mol.